The number of fused-ring (bicyclic) bond motifs is 2. The van der Waals surface area contributed by atoms with Crippen molar-refractivity contribution in [1.29, 1.82) is 0 Å². The highest BCUT2D eigenvalue weighted by atomic mass is 16.6. The number of benzene rings is 2. The SMILES string of the molecule is CC(=O)Nc1ccc2c(c1)CCC21OC(=O)N(CC(=O)N(Cc2ccccc2)C2CCOC2)C1=O. The van der Waals surface area contributed by atoms with Gasteiger partial charge in [0.1, 0.15) is 6.54 Å². The number of anilines is 1. The largest absolute Gasteiger partial charge is 0.427 e. The Labute approximate surface area is 203 Å². The molecule has 2 aromatic carbocycles. The molecule has 35 heavy (non-hydrogen) atoms. The number of imide groups is 1. The fourth-order valence-electron chi connectivity index (χ4n) is 5.13. The first-order valence-corrected chi connectivity index (χ1v) is 11.7. The quantitative estimate of drug-likeness (QED) is 0.686. The van der Waals surface area contributed by atoms with Crippen molar-refractivity contribution in [1.82, 2.24) is 9.80 Å². The Morgan fingerprint density at radius 3 is 2.69 bits per heavy atom. The Kier molecular flexibility index (Phi) is 6.02. The minimum Gasteiger partial charge on any atom is -0.427 e. The van der Waals surface area contributed by atoms with E-state index < -0.39 is 17.6 Å². The van der Waals surface area contributed by atoms with Gasteiger partial charge >= 0.3 is 6.09 Å². The summed E-state index contributed by atoms with van der Waals surface area (Å²) in [7, 11) is 0. The molecule has 0 radical (unpaired) electrons. The van der Waals surface area contributed by atoms with Crippen LogP contribution in [0.4, 0.5) is 10.5 Å². The number of aryl methyl sites for hydroxylation is 1. The van der Waals surface area contributed by atoms with Crippen LogP contribution in [0.5, 0.6) is 0 Å². The number of nitrogens with zero attached hydrogens (tertiary/aromatic N) is 2. The van der Waals surface area contributed by atoms with Crippen molar-refractivity contribution in [2.75, 3.05) is 25.1 Å². The molecular formula is C26H27N3O6. The van der Waals surface area contributed by atoms with E-state index in [2.05, 4.69) is 5.32 Å². The van der Waals surface area contributed by atoms with Crippen molar-refractivity contribution in [3.63, 3.8) is 0 Å². The van der Waals surface area contributed by atoms with Gasteiger partial charge in [0.25, 0.3) is 5.91 Å². The molecule has 182 valence electrons. The fourth-order valence-corrected chi connectivity index (χ4v) is 5.13. The number of carbonyl (C=O) groups excluding carboxylic acids is 4. The second kappa shape index (κ2) is 9.14. The number of hydrogen-bond donors (Lipinski definition) is 1. The number of amides is 4. The Morgan fingerprint density at radius 1 is 1.17 bits per heavy atom. The van der Waals surface area contributed by atoms with Gasteiger partial charge in [-0.05, 0) is 36.1 Å². The summed E-state index contributed by atoms with van der Waals surface area (Å²) in [5, 5.41) is 2.72. The van der Waals surface area contributed by atoms with Gasteiger partial charge in [-0.1, -0.05) is 36.4 Å². The lowest BCUT2D eigenvalue weighted by Crippen LogP contribution is -2.48. The molecule has 5 rings (SSSR count). The van der Waals surface area contributed by atoms with Crippen LogP contribution in [0, 0.1) is 0 Å². The number of ether oxygens (including phenoxy) is 2. The van der Waals surface area contributed by atoms with Gasteiger partial charge in [-0.2, -0.15) is 0 Å². The van der Waals surface area contributed by atoms with E-state index >= 15 is 0 Å². The van der Waals surface area contributed by atoms with Gasteiger partial charge in [-0.25, -0.2) is 9.69 Å². The van der Waals surface area contributed by atoms with Gasteiger partial charge < -0.3 is 19.7 Å². The van der Waals surface area contributed by atoms with Crippen LogP contribution in [0.25, 0.3) is 0 Å². The standard InChI is InChI=1S/C26H27N3O6/c1-17(30)27-20-7-8-22-19(13-20)9-11-26(22)24(32)29(25(33)35-26)15-23(31)28(21-10-12-34-16-21)14-18-5-3-2-4-6-18/h2-8,13,21H,9-12,14-16H2,1H3,(H,27,30). The van der Waals surface area contributed by atoms with Gasteiger partial charge in [0.15, 0.2) is 0 Å². The molecule has 0 bridgehead atoms. The molecular weight excluding hydrogens is 450 g/mol. The molecule has 2 aliphatic heterocycles. The van der Waals surface area contributed by atoms with Crippen LogP contribution in [-0.2, 0) is 42.4 Å². The van der Waals surface area contributed by atoms with E-state index in [1.807, 2.05) is 30.3 Å². The van der Waals surface area contributed by atoms with Crippen LogP contribution in [0.2, 0.25) is 0 Å². The van der Waals surface area contributed by atoms with E-state index in [4.69, 9.17) is 9.47 Å². The highest BCUT2D eigenvalue weighted by Gasteiger charge is 2.58. The number of nitrogens with one attached hydrogen (secondary N) is 1. The zero-order chi connectivity index (χ0) is 24.6. The molecule has 2 heterocycles. The van der Waals surface area contributed by atoms with E-state index in [0.29, 0.717) is 50.3 Å². The summed E-state index contributed by atoms with van der Waals surface area (Å²) in [6.45, 7) is 2.39. The minimum atomic E-state index is -1.43. The van der Waals surface area contributed by atoms with Crippen molar-refractivity contribution in [2.45, 2.75) is 44.4 Å². The van der Waals surface area contributed by atoms with Crippen LogP contribution in [-0.4, -0.2) is 59.4 Å². The van der Waals surface area contributed by atoms with E-state index in [0.717, 1.165) is 16.0 Å². The van der Waals surface area contributed by atoms with E-state index in [-0.39, 0.29) is 24.4 Å². The lowest BCUT2D eigenvalue weighted by Gasteiger charge is -2.29. The Bertz CT molecular complexity index is 1180. The molecule has 2 fully saturated rings. The third-order valence-corrected chi connectivity index (χ3v) is 6.84. The highest BCUT2D eigenvalue weighted by Crippen LogP contribution is 2.46. The van der Waals surface area contributed by atoms with Gasteiger partial charge in [-0.3, -0.25) is 14.4 Å². The van der Waals surface area contributed by atoms with E-state index in [1.54, 1.807) is 23.1 Å². The topological polar surface area (TPSA) is 105 Å². The summed E-state index contributed by atoms with van der Waals surface area (Å²) in [6, 6.07) is 14.7. The first-order valence-electron chi connectivity index (χ1n) is 11.7. The average molecular weight is 478 g/mol. The maximum atomic E-state index is 13.5. The number of hydrogen-bond acceptors (Lipinski definition) is 6. The normalized spacial score (nSPS) is 22.9. The van der Waals surface area contributed by atoms with Crippen LogP contribution in [0.15, 0.2) is 48.5 Å². The van der Waals surface area contributed by atoms with Gasteiger partial charge in [0, 0.05) is 37.7 Å². The predicted octanol–water partition coefficient (Wildman–Crippen LogP) is 2.58. The summed E-state index contributed by atoms with van der Waals surface area (Å²) in [5.74, 6) is -1.05. The first kappa shape index (κ1) is 23.0. The van der Waals surface area contributed by atoms with Gasteiger partial charge in [-0.15, -0.1) is 0 Å². The van der Waals surface area contributed by atoms with Gasteiger partial charge in [0.2, 0.25) is 17.4 Å². The molecule has 1 aliphatic carbocycles. The molecule has 4 amide bonds. The maximum Gasteiger partial charge on any atom is 0.418 e. The molecule has 9 heteroatoms. The molecule has 1 spiro atoms. The lowest BCUT2D eigenvalue weighted by molar-refractivity contribution is -0.143. The summed E-state index contributed by atoms with van der Waals surface area (Å²) < 4.78 is 11.2. The summed E-state index contributed by atoms with van der Waals surface area (Å²) in [6.07, 6.45) is 0.698. The fraction of sp³-hybridized carbons (Fsp3) is 0.385. The van der Waals surface area contributed by atoms with Crippen molar-refractivity contribution < 1.29 is 28.7 Å². The molecule has 2 atom stereocenters. The third kappa shape index (κ3) is 4.27. The molecule has 0 aromatic heterocycles. The molecule has 2 unspecified atom stereocenters. The highest BCUT2D eigenvalue weighted by molar-refractivity contribution is 6.06. The van der Waals surface area contributed by atoms with Crippen molar-refractivity contribution >= 4 is 29.5 Å². The molecule has 2 saturated heterocycles. The lowest BCUT2D eigenvalue weighted by atomic mass is 9.94. The summed E-state index contributed by atoms with van der Waals surface area (Å²) in [5.41, 5.74) is 1.58. The molecule has 1 N–H and O–H groups in total. The number of rotatable bonds is 6. The molecule has 2 aromatic rings. The Balaban J connectivity index is 1.36. The third-order valence-electron chi connectivity index (χ3n) is 6.84. The Morgan fingerprint density at radius 2 is 1.97 bits per heavy atom. The average Bonchev–Trinajstić information content (AvgIpc) is 3.54. The second-order valence-electron chi connectivity index (χ2n) is 9.16. The first-order chi connectivity index (χ1) is 16.9. The van der Waals surface area contributed by atoms with Crippen molar-refractivity contribution in [3.8, 4) is 0 Å². The van der Waals surface area contributed by atoms with Crippen molar-refractivity contribution in [2.24, 2.45) is 0 Å². The minimum absolute atomic E-state index is 0.121. The van der Waals surface area contributed by atoms with Crippen LogP contribution in [0.3, 0.4) is 0 Å². The smallest absolute Gasteiger partial charge is 0.418 e. The summed E-state index contributed by atoms with van der Waals surface area (Å²) in [4.78, 5) is 53.8. The summed E-state index contributed by atoms with van der Waals surface area (Å²) >= 11 is 0. The number of carbonyl (C=O) groups is 4. The van der Waals surface area contributed by atoms with Crippen LogP contribution >= 0.6 is 0 Å². The molecule has 9 nitrogen and oxygen atoms in total. The van der Waals surface area contributed by atoms with Crippen LogP contribution in [0.1, 0.15) is 36.5 Å². The zero-order valence-electron chi connectivity index (χ0n) is 19.5. The van der Waals surface area contributed by atoms with Crippen LogP contribution < -0.4 is 5.32 Å². The monoisotopic (exact) mass is 477 g/mol. The molecule has 0 saturated carbocycles. The predicted molar refractivity (Wildman–Crippen MR) is 125 cm³/mol. The maximum absolute atomic E-state index is 13.5. The molecule has 3 aliphatic rings. The zero-order valence-corrected chi connectivity index (χ0v) is 19.5. The van der Waals surface area contributed by atoms with E-state index in [1.165, 1.54) is 6.92 Å². The van der Waals surface area contributed by atoms with Crippen molar-refractivity contribution in [3.05, 3.63) is 65.2 Å². The Hall–Kier alpha value is -3.72. The van der Waals surface area contributed by atoms with Gasteiger partial charge in [0.05, 0.1) is 12.6 Å². The second-order valence-corrected chi connectivity index (χ2v) is 9.16. The van der Waals surface area contributed by atoms with E-state index in [9.17, 15) is 19.2 Å².